The van der Waals surface area contributed by atoms with E-state index >= 15 is 0 Å². The van der Waals surface area contributed by atoms with E-state index in [1.807, 2.05) is 0 Å². The van der Waals surface area contributed by atoms with Crippen molar-refractivity contribution in [3.8, 4) is 5.75 Å². The van der Waals surface area contributed by atoms with E-state index in [9.17, 15) is 4.79 Å². The van der Waals surface area contributed by atoms with Crippen molar-refractivity contribution in [2.24, 2.45) is 5.92 Å². The number of carbonyl (C=O) groups is 1. The molecule has 0 radical (unpaired) electrons. The molecule has 4 nitrogen and oxygen atoms in total. The molecule has 5 rings (SSSR count). The Bertz CT molecular complexity index is 607. The molecule has 2 bridgehead atoms. The number of likely N-dealkylation sites (tertiary alicyclic amines) is 1. The van der Waals surface area contributed by atoms with Gasteiger partial charge in [0.2, 0.25) is 5.91 Å². The summed E-state index contributed by atoms with van der Waals surface area (Å²) in [6.07, 6.45) is 5.32. The lowest BCUT2D eigenvalue weighted by atomic mass is 9.75. The predicted molar refractivity (Wildman–Crippen MR) is 98.8 cm³/mol. The fraction of sp³-hybridized carbons (Fsp3) is 0.667. The molecule has 3 atom stereocenters. The number of hydrogen-bond acceptors (Lipinski definition) is 3. The van der Waals surface area contributed by atoms with E-state index in [2.05, 4.69) is 41.0 Å². The van der Waals surface area contributed by atoms with Crippen LogP contribution in [0.2, 0.25) is 0 Å². The molecule has 4 heteroatoms. The summed E-state index contributed by atoms with van der Waals surface area (Å²) in [4.78, 5) is 17.8. The molecular weight excluding hydrogens is 312 g/mol. The lowest BCUT2D eigenvalue weighted by molar-refractivity contribution is -0.136. The number of ether oxygens (including phenoxy) is 1. The third-order valence-electron chi connectivity index (χ3n) is 6.60. The first-order valence-electron chi connectivity index (χ1n) is 9.90. The molecule has 0 saturated carbocycles. The summed E-state index contributed by atoms with van der Waals surface area (Å²) in [5, 5.41) is 0. The van der Waals surface area contributed by atoms with Gasteiger partial charge in [0.25, 0.3) is 0 Å². The number of hydrogen-bond donors (Lipinski definition) is 0. The Morgan fingerprint density at radius 1 is 1.16 bits per heavy atom. The van der Waals surface area contributed by atoms with Gasteiger partial charge >= 0.3 is 0 Å². The average Bonchev–Trinajstić information content (AvgIpc) is 3.10. The minimum absolute atomic E-state index is 0.376. The van der Waals surface area contributed by atoms with Crippen molar-refractivity contribution < 1.29 is 9.53 Å². The molecule has 0 N–H and O–H groups in total. The Kier molecular flexibility index (Phi) is 4.72. The summed E-state index contributed by atoms with van der Waals surface area (Å²) in [5.41, 5.74) is 1.36. The molecule has 1 aromatic rings. The molecule has 0 spiro atoms. The number of piperidine rings is 3. The zero-order valence-corrected chi connectivity index (χ0v) is 15.5. The highest BCUT2D eigenvalue weighted by Gasteiger charge is 2.54. The molecule has 4 aliphatic heterocycles. The number of unbranched alkanes of at least 4 members (excludes halogenated alkanes) is 1. The quantitative estimate of drug-likeness (QED) is 0.823. The molecule has 1 aromatic carbocycles. The standard InChI is InChI=1S/C21H30N2O2/c1-3-4-5-19(24)23-14-18(15-6-8-17(25-2)9-7-15)21-20(23)16-10-12-22(21)13-11-16/h6-9,16,18,20-21H,3-5,10-14H2,1-2H3/t18-,20+,21+/m0/s1. The molecule has 25 heavy (non-hydrogen) atoms. The van der Waals surface area contributed by atoms with Gasteiger partial charge in [0.15, 0.2) is 0 Å². The molecule has 1 amide bonds. The molecular formula is C21H30N2O2. The summed E-state index contributed by atoms with van der Waals surface area (Å²) in [6, 6.07) is 9.45. The second kappa shape index (κ2) is 6.99. The zero-order chi connectivity index (χ0) is 17.4. The maximum Gasteiger partial charge on any atom is 0.222 e. The van der Waals surface area contributed by atoms with E-state index in [1.165, 1.54) is 31.5 Å². The van der Waals surface area contributed by atoms with Gasteiger partial charge in [0.1, 0.15) is 5.75 Å². The highest BCUT2D eigenvalue weighted by molar-refractivity contribution is 5.77. The number of nitrogens with zero attached hydrogens (tertiary/aromatic N) is 2. The highest BCUT2D eigenvalue weighted by Crippen LogP contribution is 2.46. The van der Waals surface area contributed by atoms with E-state index in [0.717, 1.165) is 25.1 Å². The zero-order valence-electron chi connectivity index (χ0n) is 15.5. The van der Waals surface area contributed by atoms with Gasteiger partial charge < -0.3 is 9.64 Å². The number of benzene rings is 1. The fourth-order valence-electron chi connectivity index (χ4n) is 5.32. The maximum atomic E-state index is 12.9. The van der Waals surface area contributed by atoms with Crippen molar-refractivity contribution in [1.82, 2.24) is 9.80 Å². The highest BCUT2D eigenvalue weighted by atomic mass is 16.5. The van der Waals surface area contributed by atoms with Gasteiger partial charge in [-0.2, -0.15) is 0 Å². The Labute approximate surface area is 151 Å². The molecule has 4 aliphatic rings. The SMILES string of the molecule is CCCCC(=O)N1C[C@@H](c2ccc(OC)cc2)[C@@H]2[C@H]1C1CCN2CC1. The lowest BCUT2D eigenvalue weighted by Crippen LogP contribution is -2.60. The van der Waals surface area contributed by atoms with Crippen LogP contribution in [0.15, 0.2) is 24.3 Å². The number of rotatable bonds is 5. The first-order chi connectivity index (χ1) is 12.2. The van der Waals surface area contributed by atoms with Crippen LogP contribution in [0.25, 0.3) is 0 Å². The van der Waals surface area contributed by atoms with Crippen LogP contribution in [-0.2, 0) is 4.79 Å². The lowest BCUT2D eigenvalue weighted by Gasteiger charge is -2.51. The Morgan fingerprint density at radius 2 is 1.88 bits per heavy atom. The largest absolute Gasteiger partial charge is 0.497 e. The number of methoxy groups -OCH3 is 1. The van der Waals surface area contributed by atoms with Crippen molar-refractivity contribution >= 4 is 5.91 Å². The second-order valence-electron chi connectivity index (χ2n) is 7.88. The van der Waals surface area contributed by atoms with Crippen LogP contribution in [0.1, 0.15) is 50.5 Å². The molecule has 0 unspecified atom stereocenters. The van der Waals surface area contributed by atoms with Gasteiger partial charge in [0, 0.05) is 24.9 Å². The van der Waals surface area contributed by atoms with E-state index in [0.29, 0.717) is 36.2 Å². The average molecular weight is 342 g/mol. The Hall–Kier alpha value is -1.55. The van der Waals surface area contributed by atoms with Gasteiger partial charge in [0.05, 0.1) is 13.2 Å². The van der Waals surface area contributed by atoms with Gasteiger partial charge in [-0.1, -0.05) is 25.5 Å². The molecule has 4 saturated heterocycles. The van der Waals surface area contributed by atoms with Crippen LogP contribution in [0.3, 0.4) is 0 Å². The van der Waals surface area contributed by atoms with Gasteiger partial charge in [-0.25, -0.2) is 0 Å². The van der Waals surface area contributed by atoms with Crippen LogP contribution >= 0.6 is 0 Å². The summed E-state index contributed by atoms with van der Waals surface area (Å²) >= 11 is 0. The third kappa shape index (κ3) is 2.95. The topological polar surface area (TPSA) is 32.8 Å². The predicted octanol–water partition coefficient (Wildman–Crippen LogP) is 3.27. The minimum atomic E-state index is 0.376. The third-order valence-corrected chi connectivity index (χ3v) is 6.60. The van der Waals surface area contributed by atoms with E-state index in [1.54, 1.807) is 7.11 Å². The van der Waals surface area contributed by atoms with Crippen LogP contribution in [-0.4, -0.2) is 54.5 Å². The Morgan fingerprint density at radius 3 is 2.52 bits per heavy atom. The Balaban J connectivity index is 1.62. The van der Waals surface area contributed by atoms with E-state index in [4.69, 9.17) is 4.74 Å². The normalized spacial score (nSPS) is 33.4. The molecule has 4 heterocycles. The molecule has 136 valence electrons. The van der Waals surface area contributed by atoms with Gasteiger partial charge in [-0.3, -0.25) is 9.69 Å². The first kappa shape index (κ1) is 16.9. The van der Waals surface area contributed by atoms with Crippen LogP contribution in [0, 0.1) is 5.92 Å². The summed E-state index contributed by atoms with van der Waals surface area (Å²) in [5.74, 6) is 2.41. The van der Waals surface area contributed by atoms with Crippen LogP contribution in [0.4, 0.5) is 0 Å². The molecule has 4 fully saturated rings. The fourth-order valence-corrected chi connectivity index (χ4v) is 5.32. The van der Waals surface area contributed by atoms with Crippen molar-refractivity contribution in [3.63, 3.8) is 0 Å². The molecule has 0 aromatic heterocycles. The van der Waals surface area contributed by atoms with Crippen molar-refractivity contribution in [1.29, 1.82) is 0 Å². The number of fused-ring (bicyclic) bond motifs is 2. The van der Waals surface area contributed by atoms with Gasteiger partial charge in [-0.15, -0.1) is 0 Å². The van der Waals surface area contributed by atoms with E-state index in [-0.39, 0.29) is 0 Å². The van der Waals surface area contributed by atoms with Crippen molar-refractivity contribution in [2.75, 3.05) is 26.7 Å². The summed E-state index contributed by atoms with van der Waals surface area (Å²) in [6.45, 7) is 5.46. The number of amides is 1. The smallest absolute Gasteiger partial charge is 0.222 e. The summed E-state index contributed by atoms with van der Waals surface area (Å²) < 4.78 is 5.32. The maximum absolute atomic E-state index is 12.9. The monoisotopic (exact) mass is 342 g/mol. The first-order valence-corrected chi connectivity index (χ1v) is 9.90. The molecule has 0 aliphatic carbocycles. The minimum Gasteiger partial charge on any atom is -0.497 e. The van der Waals surface area contributed by atoms with E-state index < -0.39 is 0 Å². The van der Waals surface area contributed by atoms with Crippen LogP contribution < -0.4 is 4.74 Å². The van der Waals surface area contributed by atoms with Crippen molar-refractivity contribution in [3.05, 3.63) is 29.8 Å². The second-order valence-corrected chi connectivity index (χ2v) is 7.88. The van der Waals surface area contributed by atoms with Crippen LogP contribution in [0.5, 0.6) is 5.75 Å². The van der Waals surface area contributed by atoms with Crippen molar-refractivity contribution in [2.45, 2.75) is 57.0 Å². The number of carbonyl (C=O) groups excluding carboxylic acids is 1. The van der Waals surface area contributed by atoms with Gasteiger partial charge in [-0.05, 0) is 56.0 Å². The summed E-state index contributed by atoms with van der Waals surface area (Å²) in [7, 11) is 1.71.